The van der Waals surface area contributed by atoms with E-state index < -0.39 is 0 Å². The molecule has 1 aliphatic heterocycles. The van der Waals surface area contributed by atoms with Gasteiger partial charge in [0, 0.05) is 26.7 Å². The number of fused-ring (bicyclic) bond motifs is 1. The van der Waals surface area contributed by atoms with Crippen LogP contribution in [-0.2, 0) is 0 Å². The van der Waals surface area contributed by atoms with E-state index >= 15 is 0 Å². The number of aromatic nitrogens is 2. The normalized spacial score (nSPS) is 18.4. The van der Waals surface area contributed by atoms with Gasteiger partial charge in [-0.25, -0.2) is 9.97 Å². The predicted molar refractivity (Wildman–Crippen MR) is 83.4 cm³/mol. The molecule has 5 heteroatoms. The van der Waals surface area contributed by atoms with E-state index in [9.17, 15) is 0 Å². The second-order valence-electron chi connectivity index (χ2n) is 5.31. The van der Waals surface area contributed by atoms with Crippen LogP contribution in [0, 0.1) is 0 Å². The minimum absolute atomic E-state index is 0.554. The Morgan fingerprint density at radius 3 is 2.70 bits per heavy atom. The molecule has 20 heavy (non-hydrogen) atoms. The Balaban J connectivity index is 1.91. The highest BCUT2D eigenvalue weighted by molar-refractivity contribution is 5.80. The van der Waals surface area contributed by atoms with Crippen molar-refractivity contribution in [1.29, 1.82) is 0 Å². The summed E-state index contributed by atoms with van der Waals surface area (Å²) in [6.45, 7) is 2.09. The fourth-order valence-electron chi connectivity index (χ4n) is 2.75. The first-order valence-corrected chi connectivity index (χ1v) is 7.17. The Morgan fingerprint density at radius 1 is 1.30 bits per heavy atom. The third-order valence-electron chi connectivity index (χ3n) is 3.81. The molecule has 1 aliphatic rings. The van der Waals surface area contributed by atoms with Crippen LogP contribution in [0.5, 0.6) is 0 Å². The molecule has 2 heterocycles. The first-order chi connectivity index (χ1) is 9.78. The van der Waals surface area contributed by atoms with Crippen LogP contribution in [0.4, 0.5) is 11.6 Å². The Hall–Kier alpha value is -1.88. The van der Waals surface area contributed by atoms with Gasteiger partial charge in [0.2, 0.25) is 0 Å². The number of likely N-dealkylation sites (N-methyl/N-ethyl adjacent to an activating group) is 1. The number of hydrogen-bond acceptors (Lipinski definition) is 5. The van der Waals surface area contributed by atoms with Crippen molar-refractivity contribution in [3.05, 3.63) is 24.3 Å². The van der Waals surface area contributed by atoms with Gasteiger partial charge < -0.3 is 15.5 Å². The van der Waals surface area contributed by atoms with Gasteiger partial charge in [0.1, 0.15) is 0 Å². The summed E-state index contributed by atoms with van der Waals surface area (Å²) in [7, 11) is 3.98. The Labute approximate surface area is 119 Å². The zero-order valence-corrected chi connectivity index (χ0v) is 12.1. The van der Waals surface area contributed by atoms with Gasteiger partial charge in [0.25, 0.3) is 0 Å². The highest BCUT2D eigenvalue weighted by atomic mass is 15.2. The highest BCUT2D eigenvalue weighted by Crippen LogP contribution is 2.24. The Bertz CT molecular complexity index is 592. The van der Waals surface area contributed by atoms with Crippen LogP contribution in [0.3, 0.4) is 0 Å². The molecule has 1 saturated heterocycles. The van der Waals surface area contributed by atoms with Crippen LogP contribution in [0.2, 0.25) is 0 Å². The summed E-state index contributed by atoms with van der Waals surface area (Å²) in [5.74, 6) is 1.75. The molecule has 1 unspecified atom stereocenters. The van der Waals surface area contributed by atoms with Crippen molar-refractivity contribution in [2.45, 2.75) is 18.9 Å². The molecule has 1 fully saturated rings. The van der Waals surface area contributed by atoms with Crippen LogP contribution in [-0.4, -0.2) is 43.2 Å². The summed E-state index contributed by atoms with van der Waals surface area (Å²) in [4.78, 5) is 11.6. The fraction of sp³-hybridized carbons (Fsp3) is 0.467. The first kappa shape index (κ1) is 13.1. The van der Waals surface area contributed by atoms with Gasteiger partial charge in [0.05, 0.1) is 11.0 Å². The van der Waals surface area contributed by atoms with Crippen molar-refractivity contribution in [2.24, 2.45) is 0 Å². The van der Waals surface area contributed by atoms with Gasteiger partial charge in [-0.15, -0.1) is 0 Å². The van der Waals surface area contributed by atoms with E-state index in [-0.39, 0.29) is 0 Å². The minimum Gasteiger partial charge on any atom is -0.370 e. The smallest absolute Gasteiger partial charge is 0.172 e. The number of anilines is 2. The first-order valence-electron chi connectivity index (χ1n) is 7.17. The van der Waals surface area contributed by atoms with Gasteiger partial charge in [-0.3, -0.25) is 0 Å². The van der Waals surface area contributed by atoms with Gasteiger partial charge >= 0.3 is 0 Å². The molecule has 1 atom stereocenters. The van der Waals surface area contributed by atoms with Gasteiger partial charge in [-0.2, -0.15) is 0 Å². The number of nitrogens with zero attached hydrogens (tertiary/aromatic N) is 3. The zero-order chi connectivity index (χ0) is 13.9. The molecule has 0 spiro atoms. The lowest BCUT2D eigenvalue weighted by Gasteiger charge is -2.24. The maximum Gasteiger partial charge on any atom is 0.172 e. The third-order valence-corrected chi connectivity index (χ3v) is 3.81. The molecule has 0 bridgehead atoms. The summed E-state index contributed by atoms with van der Waals surface area (Å²) >= 11 is 0. The number of para-hydroxylation sites is 2. The number of rotatable bonds is 4. The predicted octanol–water partition coefficient (Wildman–Crippen LogP) is 1.86. The van der Waals surface area contributed by atoms with Crippen LogP contribution >= 0.6 is 0 Å². The minimum atomic E-state index is 0.554. The second-order valence-corrected chi connectivity index (χ2v) is 5.31. The van der Waals surface area contributed by atoms with Crippen LogP contribution in [0.1, 0.15) is 12.8 Å². The van der Waals surface area contributed by atoms with Gasteiger partial charge in [0.15, 0.2) is 11.6 Å². The van der Waals surface area contributed by atoms with E-state index in [4.69, 9.17) is 4.98 Å². The zero-order valence-electron chi connectivity index (χ0n) is 12.1. The quantitative estimate of drug-likeness (QED) is 0.889. The lowest BCUT2D eigenvalue weighted by Crippen LogP contribution is -2.36. The van der Waals surface area contributed by atoms with E-state index in [0.717, 1.165) is 35.8 Å². The number of hydrogen-bond donors (Lipinski definition) is 2. The summed E-state index contributed by atoms with van der Waals surface area (Å²) < 4.78 is 0. The van der Waals surface area contributed by atoms with Crippen molar-refractivity contribution in [1.82, 2.24) is 15.3 Å². The molecular formula is C15H21N5. The van der Waals surface area contributed by atoms with Crippen LogP contribution in [0.25, 0.3) is 11.0 Å². The van der Waals surface area contributed by atoms with Crippen LogP contribution < -0.4 is 15.5 Å². The van der Waals surface area contributed by atoms with E-state index in [1.807, 2.05) is 31.3 Å². The average Bonchev–Trinajstić information content (AvgIpc) is 2.98. The molecule has 2 aromatic rings. The maximum absolute atomic E-state index is 4.76. The van der Waals surface area contributed by atoms with Crippen molar-refractivity contribution in [3.63, 3.8) is 0 Å². The molecule has 106 valence electrons. The maximum atomic E-state index is 4.76. The standard InChI is InChI=1S/C15H21N5/c1-16-14-15(20(2)10-11-6-5-9-17-11)19-13-8-4-3-7-12(13)18-14/h3-4,7-8,11,17H,5-6,9-10H2,1-2H3,(H,16,18). The van der Waals surface area contributed by atoms with E-state index in [1.54, 1.807) is 0 Å². The summed E-state index contributed by atoms with van der Waals surface area (Å²) in [5, 5.41) is 6.68. The molecule has 0 aliphatic carbocycles. The summed E-state index contributed by atoms with van der Waals surface area (Å²) in [5.41, 5.74) is 1.86. The summed E-state index contributed by atoms with van der Waals surface area (Å²) in [6.07, 6.45) is 2.50. The van der Waals surface area contributed by atoms with E-state index in [1.165, 1.54) is 12.8 Å². The second kappa shape index (κ2) is 5.63. The van der Waals surface area contributed by atoms with Crippen molar-refractivity contribution >= 4 is 22.7 Å². The molecule has 5 nitrogen and oxygen atoms in total. The molecular weight excluding hydrogens is 250 g/mol. The molecule has 3 rings (SSSR count). The highest BCUT2D eigenvalue weighted by Gasteiger charge is 2.19. The third kappa shape index (κ3) is 2.54. The lowest BCUT2D eigenvalue weighted by molar-refractivity contribution is 0.597. The Kier molecular flexibility index (Phi) is 3.69. The molecule has 1 aromatic heterocycles. The fourth-order valence-corrected chi connectivity index (χ4v) is 2.75. The van der Waals surface area contributed by atoms with Gasteiger partial charge in [-0.05, 0) is 31.5 Å². The SMILES string of the molecule is CNc1nc2ccccc2nc1N(C)CC1CCCN1. The molecule has 2 N–H and O–H groups in total. The molecule has 1 aromatic carbocycles. The Morgan fingerprint density at radius 2 is 2.05 bits per heavy atom. The topological polar surface area (TPSA) is 53.1 Å². The largest absolute Gasteiger partial charge is 0.370 e. The van der Waals surface area contributed by atoms with Crippen molar-refractivity contribution in [3.8, 4) is 0 Å². The monoisotopic (exact) mass is 271 g/mol. The van der Waals surface area contributed by atoms with Crippen molar-refractivity contribution in [2.75, 3.05) is 37.4 Å². The van der Waals surface area contributed by atoms with Crippen LogP contribution in [0.15, 0.2) is 24.3 Å². The lowest BCUT2D eigenvalue weighted by atomic mass is 10.2. The van der Waals surface area contributed by atoms with Gasteiger partial charge in [-0.1, -0.05) is 12.1 Å². The summed E-state index contributed by atoms with van der Waals surface area (Å²) in [6, 6.07) is 8.54. The number of benzene rings is 1. The van der Waals surface area contributed by atoms with E-state index in [2.05, 4.69) is 27.6 Å². The molecule has 0 radical (unpaired) electrons. The molecule has 0 amide bonds. The van der Waals surface area contributed by atoms with Crippen molar-refractivity contribution < 1.29 is 0 Å². The van der Waals surface area contributed by atoms with E-state index in [0.29, 0.717) is 6.04 Å². The molecule has 0 saturated carbocycles. The number of nitrogens with one attached hydrogen (secondary N) is 2. The average molecular weight is 271 g/mol.